The van der Waals surface area contributed by atoms with Gasteiger partial charge in [0.25, 0.3) is 0 Å². The van der Waals surface area contributed by atoms with Crippen molar-refractivity contribution >= 4 is 24.2 Å². The second kappa shape index (κ2) is 11.2. The Kier molecular flexibility index (Phi) is 9.27. The summed E-state index contributed by atoms with van der Waals surface area (Å²) >= 11 is 0. The van der Waals surface area contributed by atoms with Gasteiger partial charge in [-0.2, -0.15) is 15.0 Å². The molecule has 1 unspecified atom stereocenters. The summed E-state index contributed by atoms with van der Waals surface area (Å²) < 4.78 is 0. The van der Waals surface area contributed by atoms with E-state index in [0.29, 0.717) is 29.7 Å². The van der Waals surface area contributed by atoms with Gasteiger partial charge in [-0.3, -0.25) is 25.6 Å². The first kappa shape index (κ1) is 21.6. The Morgan fingerprint density at radius 2 is 1.96 bits per heavy atom. The molecule has 2 amide bonds. The first-order chi connectivity index (χ1) is 12.4. The zero-order valence-electron chi connectivity index (χ0n) is 15.9. The lowest BCUT2D eigenvalue weighted by Gasteiger charge is -2.20. The molecule has 3 N–H and O–H groups in total. The van der Waals surface area contributed by atoms with Crippen molar-refractivity contribution in [3.8, 4) is 0 Å². The predicted octanol–water partition coefficient (Wildman–Crippen LogP) is 0.987. The molecule has 1 aromatic heterocycles. The highest BCUT2D eigenvalue weighted by Crippen LogP contribution is 2.12. The minimum Gasteiger partial charge on any atom is -0.347 e. The van der Waals surface area contributed by atoms with Gasteiger partial charge in [-0.25, -0.2) is 5.06 Å². The van der Waals surface area contributed by atoms with Gasteiger partial charge in [-0.05, 0) is 6.42 Å². The van der Waals surface area contributed by atoms with E-state index >= 15 is 0 Å². The van der Waals surface area contributed by atoms with E-state index in [0.717, 1.165) is 19.3 Å². The number of carbonyl (C=O) groups is 2. The normalized spacial score (nSPS) is 11.6. The third-order valence-corrected chi connectivity index (χ3v) is 3.74. The summed E-state index contributed by atoms with van der Waals surface area (Å²) in [6.45, 7) is 3.92. The second-order valence-electron chi connectivity index (χ2n) is 6.16. The summed E-state index contributed by atoms with van der Waals surface area (Å²) in [7, 11) is 3.63. The molecule has 0 bridgehead atoms. The Labute approximate surface area is 153 Å². The maximum absolute atomic E-state index is 12.4. The van der Waals surface area contributed by atoms with Crippen molar-refractivity contribution in [2.45, 2.75) is 46.0 Å². The van der Waals surface area contributed by atoms with Crippen LogP contribution in [0.5, 0.6) is 0 Å². The van der Waals surface area contributed by atoms with Crippen LogP contribution >= 0.6 is 0 Å². The molecule has 10 nitrogen and oxygen atoms in total. The van der Waals surface area contributed by atoms with E-state index in [1.807, 2.05) is 21.0 Å². The van der Waals surface area contributed by atoms with Crippen LogP contribution in [0.1, 0.15) is 45.4 Å². The zero-order valence-corrected chi connectivity index (χ0v) is 15.9. The first-order valence-corrected chi connectivity index (χ1v) is 8.80. The SMILES string of the molecule is CCCCCC(CN(O)C=O)C(=O)NNc1nc(CC)nc(N(C)C)n1. The van der Waals surface area contributed by atoms with Crippen molar-refractivity contribution in [1.82, 2.24) is 25.4 Å². The van der Waals surface area contributed by atoms with Crippen LogP contribution in [0.15, 0.2) is 0 Å². The molecule has 0 aliphatic rings. The van der Waals surface area contributed by atoms with E-state index in [1.54, 1.807) is 4.90 Å². The van der Waals surface area contributed by atoms with Crippen molar-refractivity contribution in [2.75, 3.05) is 31.0 Å². The highest BCUT2D eigenvalue weighted by Gasteiger charge is 2.21. The number of amides is 2. The molecule has 26 heavy (non-hydrogen) atoms. The van der Waals surface area contributed by atoms with Crippen LogP contribution in [0.2, 0.25) is 0 Å². The number of aromatic nitrogens is 3. The largest absolute Gasteiger partial charge is 0.347 e. The van der Waals surface area contributed by atoms with Crippen molar-refractivity contribution in [3.05, 3.63) is 5.82 Å². The lowest BCUT2D eigenvalue weighted by Crippen LogP contribution is -2.40. The van der Waals surface area contributed by atoms with Gasteiger partial charge < -0.3 is 4.90 Å². The lowest BCUT2D eigenvalue weighted by atomic mass is 10.0. The minimum atomic E-state index is -0.537. The Balaban J connectivity index is 2.76. The quantitative estimate of drug-likeness (QED) is 0.216. The minimum absolute atomic E-state index is 0.0684. The van der Waals surface area contributed by atoms with Gasteiger partial charge in [0.2, 0.25) is 24.2 Å². The smallest absolute Gasteiger partial charge is 0.246 e. The number of aryl methyl sites for hydroxylation is 1. The predicted molar refractivity (Wildman–Crippen MR) is 97.5 cm³/mol. The fourth-order valence-electron chi connectivity index (χ4n) is 2.26. The van der Waals surface area contributed by atoms with Gasteiger partial charge in [0.15, 0.2) is 0 Å². The van der Waals surface area contributed by atoms with E-state index in [9.17, 15) is 14.8 Å². The number of hydrazine groups is 1. The molecule has 0 radical (unpaired) electrons. The third-order valence-electron chi connectivity index (χ3n) is 3.74. The average molecular weight is 367 g/mol. The molecule has 0 aliphatic heterocycles. The Morgan fingerprint density at radius 1 is 1.23 bits per heavy atom. The monoisotopic (exact) mass is 367 g/mol. The van der Waals surface area contributed by atoms with Crippen molar-refractivity contribution in [3.63, 3.8) is 0 Å². The van der Waals surface area contributed by atoms with Gasteiger partial charge in [0.1, 0.15) is 5.82 Å². The molecule has 146 valence electrons. The topological polar surface area (TPSA) is 124 Å². The molecule has 0 aliphatic carbocycles. The van der Waals surface area contributed by atoms with Crippen LogP contribution in [0.4, 0.5) is 11.9 Å². The molecule has 1 rings (SSSR count). The molecule has 1 heterocycles. The number of carbonyl (C=O) groups excluding carboxylic acids is 2. The van der Waals surface area contributed by atoms with Crippen molar-refractivity contribution in [2.24, 2.45) is 5.92 Å². The molecule has 0 spiro atoms. The summed E-state index contributed by atoms with van der Waals surface area (Å²) in [5.74, 6) is 0.437. The van der Waals surface area contributed by atoms with Gasteiger partial charge >= 0.3 is 0 Å². The number of nitrogens with zero attached hydrogens (tertiary/aromatic N) is 5. The number of nitrogens with one attached hydrogen (secondary N) is 2. The molecule has 0 saturated heterocycles. The van der Waals surface area contributed by atoms with Gasteiger partial charge in [0.05, 0.1) is 12.5 Å². The molecule has 10 heteroatoms. The van der Waals surface area contributed by atoms with Crippen LogP contribution in [-0.4, -0.2) is 58.2 Å². The van der Waals surface area contributed by atoms with E-state index in [-0.39, 0.29) is 24.8 Å². The van der Waals surface area contributed by atoms with E-state index < -0.39 is 5.92 Å². The summed E-state index contributed by atoms with van der Waals surface area (Å²) in [4.78, 5) is 37.6. The van der Waals surface area contributed by atoms with E-state index in [2.05, 4.69) is 32.7 Å². The van der Waals surface area contributed by atoms with Gasteiger partial charge in [0, 0.05) is 20.5 Å². The lowest BCUT2D eigenvalue weighted by molar-refractivity contribution is -0.154. The summed E-state index contributed by atoms with van der Waals surface area (Å²) in [5, 5.41) is 9.90. The summed E-state index contributed by atoms with van der Waals surface area (Å²) in [5.41, 5.74) is 5.26. The molecular formula is C16H29N7O3. The molecule has 0 fully saturated rings. The van der Waals surface area contributed by atoms with Crippen LogP contribution < -0.4 is 15.8 Å². The summed E-state index contributed by atoms with van der Waals surface area (Å²) in [6.07, 6.45) is 4.30. The molecule has 1 aromatic rings. The van der Waals surface area contributed by atoms with E-state index in [1.165, 1.54) is 0 Å². The van der Waals surface area contributed by atoms with Crippen LogP contribution in [0.25, 0.3) is 0 Å². The first-order valence-electron chi connectivity index (χ1n) is 8.80. The molecule has 0 aromatic carbocycles. The number of hydrogen-bond acceptors (Lipinski definition) is 8. The van der Waals surface area contributed by atoms with Gasteiger partial charge in [-0.15, -0.1) is 0 Å². The Hall–Kier alpha value is -2.49. The second-order valence-corrected chi connectivity index (χ2v) is 6.16. The number of hydrogen-bond donors (Lipinski definition) is 3. The molecular weight excluding hydrogens is 338 g/mol. The third kappa shape index (κ3) is 7.18. The average Bonchev–Trinajstić information content (AvgIpc) is 2.64. The van der Waals surface area contributed by atoms with Crippen molar-refractivity contribution < 1.29 is 14.8 Å². The van der Waals surface area contributed by atoms with Gasteiger partial charge in [-0.1, -0.05) is 33.1 Å². The number of hydroxylamine groups is 2. The molecule has 1 atom stereocenters. The zero-order chi connectivity index (χ0) is 19.5. The molecule has 0 saturated carbocycles. The van der Waals surface area contributed by atoms with E-state index in [4.69, 9.17) is 0 Å². The fraction of sp³-hybridized carbons (Fsp3) is 0.688. The van der Waals surface area contributed by atoms with Crippen LogP contribution in [-0.2, 0) is 16.0 Å². The maximum atomic E-state index is 12.4. The highest BCUT2D eigenvalue weighted by atomic mass is 16.5. The standard InChI is InChI=1S/C16H29N7O3/c1-5-7-8-9-12(10-23(26)11-24)14(25)20-21-15-17-13(6-2)18-16(19-15)22(3)4/h11-12,26H,5-10H2,1-4H3,(H,20,25)(H,17,18,19,21). The number of anilines is 2. The number of unbranched alkanes of at least 4 members (excludes halogenated alkanes) is 2. The van der Waals surface area contributed by atoms with Crippen LogP contribution in [0.3, 0.4) is 0 Å². The summed E-state index contributed by atoms with van der Waals surface area (Å²) in [6, 6.07) is 0. The highest BCUT2D eigenvalue weighted by molar-refractivity contribution is 5.80. The van der Waals surface area contributed by atoms with Crippen LogP contribution in [0, 0.1) is 5.92 Å². The Bertz CT molecular complexity index is 583. The number of rotatable bonds is 12. The Morgan fingerprint density at radius 3 is 2.54 bits per heavy atom. The maximum Gasteiger partial charge on any atom is 0.246 e. The van der Waals surface area contributed by atoms with Crippen molar-refractivity contribution in [1.29, 1.82) is 0 Å². The fourth-order valence-corrected chi connectivity index (χ4v) is 2.26.